The minimum Gasteiger partial charge on any atom is -0.364 e. The molecule has 2 heteroatoms. The highest BCUT2D eigenvalue weighted by molar-refractivity contribution is 5.94. The van der Waals surface area contributed by atoms with Crippen LogP contribution in [0.1, 0.15) is 20.8 Å². The van der Waals surface area contributed by atoms with Gasteiger partial charge in [0.25, 0.3) is 0 Å². The summed E-state index contributed by atoms with van der Waals surface area (Å²) < 4.78 is 0. The van der Waals surface area contributed by atoms with Crippen LogP contribution >= 0.6 is 0 Å². The van der Waals surface area contributed by atoms with E-state index in [4.69, 9.17) is 0 Å². The van der Waals surface area contributed by atoms with Crippen molar-refractivity contribution in [1.29, 1.82) is 0 Å². The van der Waals surface area contributed by atoms with Crippen LogP contribution in [0.2, 0.25) is 0 Å². The highest BCUT2D eigenvalue weighted by atomic mass is 15.1. The molecule has 1 heterocycles. The molecule has 60 valence electrons. The van der Waals surface area contributed by atoms with E-state index in [-0.39, 0.29) is 6.17 Å². The lowest BCUT2D eigenvalue weighted by atomic mass is 10.2. The molecule has 1 rings (SSSR count). The molecule has 0 saturated carbocycles. The minimum absolute atomic E-state index is 0.214. The second-order valence-corrected chi connectivity index (χ2v) is 2.69. The van der Waals surface area contributed by atoms with Crippen molar-refractivity contribution in [2.24, 2.45) is 4.99 Å². The van der Waals surface area contributed by atoms with Gasteiger partial charge in [0.15, 0.2) is 0 Å². The standard InChI is InChI=1S/C9H14N2/c1-4-5-9-6-7(2)10-8(3)11-9/h4-6,8,11H,1-3H3/b5-4+. The summed E-state index contributed by atoms with van der Waals surface area (Å²) in [5, 5.41) is 3.23. The van der Waals surface area contributed by atoms with E-state index in [0.29, 0.717) is 0 Å². The Morgan fingerprint density at radius 1 is 1.64 bits per heavy atom. The Kier molecular flexibility index (Phi) is 2.47. The SMILES string of the molecule is C/C=C/C1=CC(C)=NC(C)N1. The normalized spacial score (nSPS) is 24.5. The summed E-state index contributed by atoms with van der Waals surface area (Å²) in [6.45, 7) is 6.06. The van der Waals surface area contributed by atoms with E-state index in [1.165, 1.54) is 0 Å². The van der Waals surface area contributed by atoms with Gasteiger partial charge < -0.3 is 5.32 Å². The maximum Gasteiger partial charge on any atom is 0.116 e. The zero-order valence-corrected chi connectivity index (χ0v) is 7.26. The third-order valence-corrected chi connectivity index (χ3v) is 1.48. The number of allylic oxidation sites excluding steroid dienone is 3. The fourth-order valence-corrected chi connectivity index (χ4v) is 1.16. The highest BCUT2D eigenvalue weighted by Crippen LogP contribution is 2.03. The summed E-state index contributed by atoms with van der Waals surface area (Å²) >= 11 is 0. The van der Waals surface area contributed by atoms with E-state index in [9.17, 15) is 0 Å². The average Bonchev–Trinajstić information content (AvgIpc) is 1.85. The first-order valence-corrected chi connectivity index (χ1v) is 3.87. The van der Waals surface area contributed by atoms with Crippen LogP contribution in [0.25, 0.3) is 0 Å². The molecule has 1 unspecified atom stereocenters. The number of nitrogens with one attached hydrogen (secondary N) is 1. The molecule has 11 heavy (non-hydrogen) atoms. The zero-order chi connectivity index (χ0) is 8.27. The Morgan fingerprint density at radius 3 is 2.91 bits per heavy atom. The molecule has 0 amide bonds. The van der Waals surface area contributed by atoms with Gasteiger partial charge >= 0.3 is 0 Å². The first-order chi connectivity index (χ1) is 5.22. The Labute approximate surface area is 67.7 Å². The Balaban J connectivity index is 2.75. The van der Waals surface area contributed by atoms with Gasteiger partial charge in [0, 0.05) is 11.4 Å². The van der Waals surface area contributed by atoms with Crippen molar-refractivity contribution in [2.75, 3.05) is 0 Å². The van der Waals surface area contributed by atoms with Crippen LogP contribution in [0.3, 0.4) is 0 Å². The van der Waals surface area contributed by atoms with Crippen LogP contribution in [-0.2, 0) is 0 Å². The molecule has 2 nitrogen and oxygen atoms in total. The molecular weight excluding hydrogens is 136 g/mol. The summed E-state index contributed by atoms with van der Waals surface area (Å²) in [6, 6.07) is 0. The van der Waals surface area contributed by atoms with Crippen LogP contribution in [-0.4, -0.2) is 11.9 Å². The van der Waals surface area contributed by atoms with Crippen LogP contribution < -0.4 is 5.32 Å². The van der Waals surface area contributed by atoms with E-state index in [0.717, 1.165) is 11.4 Å². The van der Waals surface area contributed by atoms with E-state index < -0.39 is 0 Å². The van der Waals surface area contributed by atoms with Crippen LogP contribution in [0, 0.1) is 0 Å². The third kappa shape index (κ3) is 2.22. The number of hydrogen-bond donors (Lipinski definition) is 1. The molecule has 0 bridgehead atoms. The van der Waals surface area contributed by atoms with Gasteiger partial charge in [-0.2, -0.15) is 0 Å². The molecule has 0 aromatic heterocycles. The number of hydrogen-bond acceptors (Lipinski definition) is 2. The molecule has 0 saturated heterocycles. The van der Waals surface area contributed by atoms with E-state index in [1.54, 1.807) is 0 Å². The summed E-state index contributed by atoms with van der Waals surface area (Å²) in [6.07, 6.45) is 6.32. The Bertz CT molecular complexity index is 224. The summed E-state index contributed by atoms with van der Waals surface area (Å²) in [4.78, 5) is 4.31. The quantitative estimate of drug-likeness (QED) is 0.606. The van der Waals surface area contributed by atoms with E-state index in [1.807, 2.05) is 32.9 Å². The number of rotatable bonds is 1. The van der Waals surface area contributed by atoms with Gasteiger partial charge in [-0.3, -0.25) is 4.99 Å². The summed E-state index contributed by atoms with van der Waals surface area (Å²) in [5.74, 6) is 0. The highest BCUT2D eigenvalue weighted by Gasteiger charge is 2.04. The van der Waals surface area contributed by atoms with Crippen LogP contribution in [0.5, 0.6) is 0 Å². The van der Waals surface area contributed by atoms with Gasteiger partial charge in [-0.05, 0) is 32.9 Å². The maximum atomic E-state index is 4.31. The molecule has 1 aliphatic heterocycles. The first-order valence-electron chi connectivity index (χ1n) is 3.87. The second-order valence-electron chi connectivity index (χ2n) is 2.69. The molecule has 1 aliphatic rings. The monoisotopic (exact) mass is 150 g/mol. The summed E-state index contributed by atoms with van der Waals surface area (Å²) in [7, 11) is 0. The third-order valence-electron chi connectivity index (χ3n) is 1.48. The largest absolute Gasteiger partial charge is 0.364 e. The fraction of sp³-hybridized carbons (Fsp3) is 0.444. The number of nitrogens with zero attached hydrogens (tertiary/aromatic N) is 1. The predicted molar refractivity (Wildman–Crippen MR) is 48.6 cm³/mol. The van der Waals surface area contributed by atoms with Gasteiger partial charge in [0.05, 0.1) is 0 Å². The molecule has 0 radical (unpaired) electrons. The van der Waals surface area contributed by atoms with Gasteiger partial charge in [0.2, 0.25) is 0 Å². The molecule has 0 fully saturated rings. The maximum absolute atomic E-state index is 4.31. The lowest BCUT2D eigenvalue weighted by Crippen LogP contribution is -2.27. The van der Waals surface area contributed by atoms with Crippen molar-refractivity contribution in [3.05, 3.63) is 23.9 Å². The molecule has 0 aromatic carbocycles. The van der Waals surface area contributed by atoms with Gasteiger partial charge in [-0.1, -0.05) is 6.08 Å². The lowest BCUT2D eigenvalue weighted by Gasteiger charge is -2.17. The molecule has 1 N–H and O–H groups in total. The molecule has 0 aliphatic carbocycles. The molecular formula is C9H14N2. The fourth-order valence-electron chi connectivity index (χ4n) is 1.16. The van der Waals surface area contributed by atoms with Gasteiger partial charge in [0.1, 0.15) is 6.17 Å². The Hall–Kier alpha value is -1.05. The van der Waals surface area contributed by atoms with E-state index >= 15 is 0 Å². The number of aliphatic imine (C=N–C) groups is 1. The topological polar surface area (TPSA) is 24.4 Å². The predicted octanol–water partition coefficient (Wildman–Crippen LogP) is 1.86. The first kappa shape index (κ1) is 8.05. The van der Waals surface area contributed by atoms with Crippen LogP contribution in [0.4, 0.5) is 0 Å². The van der Waals surface area contributed by atoms with Crippen molar-refractivity contribution in [3.63, 3.8) is 0 Å². The van der Waals surface area contributed by atoms with Crippen molar-refractivity contribution < 1.29 is 0 Å². The molecule has 0 aromatic rings. The smallest absolute Gasteiger partial charge is 0.116 e. The Morgan fingerprint density at radius 2 is 2.36 bits per heavy atom. The summed E-state index contributed by atoms with van der Waals surface area (Å²) in [5.41, 5.74) is 2.23. The van der Waals surface area contributed by atoms with Crippen molar-refractivity contribution in [3.8, 4) is 0 Å². The van der Waals surface area contributed by atoms with Crippen LogP contribution in [0.15, 0.2) is 28.9 Å². The minimum atomic E-state index is 0.214. The van der Waals surface area contributed by atoms with Crippen molar-refractivity contribution in [1.82, 2.24) is 5.32 Å². The second kappa shape index (κ2) is 3.37. The lowest BCUT2D eigenvalue weighted by molar-refractivity contribution is 0.645. The molecule has 0 spiro atoms. The average molecular weight is 150 g/mol. The van der Waals surface area contributed by atoms with Gasteiger partial charge in [-0.25, -0.2) is 0 Å². The van der Waals surface area contributed by atoms with Gasteiger partial charge in [-0.15, -0.1) is 0 Å². The van der Waals surface area contributed by atoms with Crippen molar-refractivity contribution in [2.45, 2.75) is 26.9 Å². The molecule has 1 atom stereocenters. The van der Waals surface area contributed by atoms with E-state index in [2.05, 4.69) is 16.4 Å². The van der Waals surface area contributed by atoms with Crippen molar-refractivity contribution >= 4 is 5.71 Å². The zero-order valence-electron chi connectivity index (χ0n) is 7.26.